The number of carbonyl (C=O) groups is 1. The third-order valence-electron chi connectivity index (χ3n) is 3.92. The minimum atomic E-state index is -0.147. The monoisotopic (exact) mass is 347 g/mol. The van der Waals surface area contributed by atoms with Gasteiger partial charge in [-0.15, -0.1) is 0 Å². The average molecular weight is 347 g/mol. The highest BCUT2D eigenvalue weighted by atomic mass is 16.5. The standard InChI is InChI=1S/C21H21N3O2/c1-24-13-5-8-19(24)14-21(25)23-22-15-17-9-11-20(12-10-17)26-16-18-6-3-2-4-7-18/h2-13,15H,14,16H2,1H3,(H,23,25)/b22-15+. The molecule has 0 saturated heterocycles. The van der Waals surface area contributed by atoms with Gasteiger partial charge < -0.3 is 9.30 Å². The summed E-state index contributed by atoms with van der Waals surface area (Å²) < 4.78 is 7.66. The van der Waals surface area contributed by atoms with E-state index in [1.54, 1.807) is 6.21 Å². The minimum Gasteiger partial charge on any atom is -0.489 e. The van der Waals surface area contributed by atoms with E-state index in [1.807, 2.05) is 84.5 Å². The van der Waals surface area contributed by atoms with Crippen molar-refractivity contribution in [2.75, 3.05) is 0 Å². The Balaban J connectivity index is 1.47. The van der Waals surface area contributed by atoms with Crippen LogP contribution >= 0.6 is 0 Å². The van der Waals surface area contributed by atoms with Gasteiger partial charge in [-0.25, -0.2) is 5.43 Å². The number of aryl methyl sites for hydroxylation is 1. The first-order valence-corrected chi connectivity index (χ1v) is 8.39. The highest BCUT2D eigenvalue weighted by molar-refractivity contribution is 5.83. The van der Waals surface area contributed by atoms with E-state index < -0.39 is 0 Å². The molecule has 0 aliphatic heterocycles. The van der Waals surface area contributed by atoms with Gasteiger partial charge in [0.25, 0.3) is 0 Å². The van der Waals surface area contributed by atoms with Crippen LogP contribution in [0, 0.1) is 0 Å². The molecule has 5 nitrogen and oxygen atoms in total. The quantitative estimate of drug-likeness (QED) is 0.527. The molecule has 0 saturated carbocycles. The molecule has 5 heteroatoms. The van der Waals surface area contributed by atoms with Crippen LogP contribution in [0.25, 0.3) is 0 Å². The van der Waals surface area contributed by atoms with E-state index >= 15 is 0 Å². The van der Waals surface area contributed by atoms with Gasteiger partial charge in [0, 0.05) is 18.9 Å². The summed E-state index contributed by atoms with van der Waals surface area (Å²) in [6, 6.07) is 21.4. The van der Waals surface area contributed by atoms with E-state index in [0.717, 1.165) is 22.6 Å². The number of hydrogen-bond acceptors (Lipinski definition) is 3. The molecule has 0 aliphatic rings. The SMILES string of the molecule is Cn1cccc1CC(=O)N/N=C/c1ccc(OCc2ccccc2)cc1. The molecule has 3 aromatic rings. The van der Waals surface area contributed by atoms with Crippen molar-refractivity contribution in [3.8, 4) is 5.75 Å². The van der Waals surface area contributed by atoms with Crippen LogP contribution in [0.4, 0.5) is 0 Å². The zero-order valence-electron chi connectivity index (χ0n) is 14.6. The Labute approximate surface area is 152 Å². The third kappa shape index (κ3) is 5.08. The van der Waals surface area contributed by atoms with E-state index in [1.165, 1.54) is 0 Å². The van der Waals surface area contributed by atoms with E-state index in [9.17, 15) is 4.79 Å². The summed E-state index contributed by atoms with van der Waals surface area (Å²) >= 11 is 0. The summed E-state index contributed by atoms with van der Waals surface area (Å²) in [6.45, 7) is 0.531. The summed E-state index contributed by atoms with van der Waals surface area (Å²) in [5.74, 6) is 0.643. The molecule has 26 heavy (non-hydrogen) atoms. The maximum Gasteiger partial charge on any atom is 0.245 e. The lowest BCUT2D eigenvalue weighted by Gasteiger charge is -2.06. The smallest absolute Gasteiger partial charge is 0.245 e. The molecule has 0 spiro atoms. The predicted octanol–water partition coefficient (Wildman–Crippen LogP) is 3.30. The Hall–Kier alpha value is -3.34. The zero-order valence-corrected chi connectivity index (χ0v) is 14.6. The number of ether oxygens (including phenoxy) is 1. The fraction of sp³-hybridized carbons (Fsp3) is 0.143. The zero-order chi connectivity index (χ0) is 18.2. The molecule has 1 amide bonds. The van der Waals surface area contributed by atoms with E-state index in [2.05, 4.69) is 10.5 Å². The number of carbonyl (C=O) groups excluding carboxylic acids is 1. The Kier molecular flexibility index (Phi) is 5.83. The Morgan fingerprint density at radius 3 is 2.54 bits per heavy atom. The molecule has 1 N–H and O–H groups in total. The number of aromatic nitrogens is 1. The second-order valence-corrected chi connectivity index (χ2v) is 5.92. The summed E-state index contributed by atoms with van der Waals surface area (Å²) in [6.07, 6.45) is 3.82. The van der Waals surface area contributed by atoms with E-state index in [4.69, 9.17) is 4.74 Å². The van der Waals surface area contributed by atoms with Crippen molar-refractivity contribution < 1.29 is 9.53 Å². The van der Waals surface area contributed by atoms with Crippen LogP contribution in [0.15, 0.2) is 78.0 Å². The second-order valence-electron chi connectivity index (χ2n) is 5.92. The predicted molar refractivity (Wildman–Crippen MR) is 102 cm³/mol. The number of rotatable bonds is 7. The Bertz CT molecular complexity index is 868. The summed E-state index contributed by atoms with van der Waals surface area (Å²) in [5.41, 5.74) is 5.50. The van der Waals surface area contributed by atoms with Crippen LogP contribution in [-0.2, 0) is 24.9 Å². The number of hydrogen-bond donors (Lipinski definition) is 1. The van der Waals surface area contributed by atoms with Gasteiger partial charge in [-0.2, -0.15) is 5.10 Å². The normalized spacial score (nSPS) is 10.8. The first kappa shape index (κ1) is 17.5. The van der Waals surface area contributed by atoms with E-state index in [0.29, 0.717) is 13.0 Å². The highest BCUT2D eigenvalue weighted by Crippen LogP contribution is 2.13. The van der Waals surface area contributed by atoms with Gasteiger partial charge in [0.1, 0.15) is 12.4 Å². The van der Waals surface area contributed by atoms with Gasteiger partial charge in [-0.1, -0.05) is 30.3 Å². The number of nitrogens with zero attached hydrogens (tertiary/aromatic N) is 2. The van der Waals surface area contributed by atoms with Crippen molar-refractivity contribution in [2.24, 2.45) is 12.1 Å². The van der Waals surface area contributed by atoms with Crippen molar-refractivity contribution in [2.45, 2.75) is 13.0 Å². The molecule has 132 valence electrons. The van der Waals surface area contributed by atoms with Crippen molar-refractivity contribution >= 4 is 12.1 Å². The summed E-state index contributed by atoms with van der Waals surface area (Å²) in [5, 5.41) is 4.00. The van der Waals surface area contributed by atoms with Crippen LogP contribution in [0.5, 0.6) is 5.75 Å². The molecule has 1 heterocycles. The van der Waals surface area contributed by atoms with E-state index in [-0.39, 0.29) is 5.91 Å². The lowest BCUT2D eigenvalue weighted by molar-refractivity contribution is -0.120. The molecule has 2 aromatic carbocycles. The van der Waals surface area contributed by atoms with Crippen LogP contribution in [0.1, 0.15) is 16.8 Å². The molecule has 0 atom stereocenters. The van der Waals surface area contributed by atoms with Crippen LogP contribution in [0.2, 0.25) is 0 Å². The van der Waals surface area contributed by atoms with Crippen molar-refractivity contribution in [3.63, 3.8) is 0 Å². The largest absolute Gasteiger partial charge is 0.489 e. The molecule has 0 radical (unpaired) electrons. The average Bonchev–Trinajstić information content (AvgIpc) is 3.06. The molecule has 0 aliphatic carbocycles. The molecule has 1 aromatic heterocycles. The van der Waals surface area contributed by atoms with Crippen LogP contribution in [0.3, 0.4) is 0 Å². The molecule has 3 rings (SSSR count). The number of amides is 1. The van der Waals surface area contributed by atoms with Crippen molar-refractivity contribution in [1.29, 1.82) is 0 Å². The first-order chi connectivity index (χ1) is 12.7. The maximum atomic E-state index is 11.9. The number of benzene rings is 2. The van der Waals surface area contributed by atoms with Crippen LogP contribution < -0.4 is 10.2 Å². The Morgan fingerprint density at radius 2 is 1.85 bits per heavy atom. The van der Waals surface area contributed by atoms with Crippen molar-refractivity contribution in [1.82, 2.24) is 9.99 Å². The van der Waals surface area contributed by atoms with Gasteiger partial charge in [0.2, 0.25) is 5.91 Å². The topological polar surface area (TPSA) is 55.6 Å². The number of nitrogens with one attached hydrogen (secondary N) is 1. The molecule has 0 fully saturated rings. The fourth-order valence-corrected chi connectivity index (χ4v) is 2.45. The molecular formula is C21H21N3O2. The summed E-state index contributed by atoms with van der Waals surface area (Å²) in [7, 11) is 1.91. The van der Waals surface area contributed by atoms with Gasteiger partial charge in [0.05, 0.1) is 12.6 Å². The van der Waals surface area contributed by atoms with Crippen LogP contribution in [-0.4, -0.2) is 16.7 Å². The maximum absolute atomic E-state index is 11.9. The van der Waals surface area contributed by atoms with Gasteiger partial charge in [-0.05, 0) is 47.5 Å². The minimum absolute atomic E-state index is 0.147. The fourth-order valence-electron chi connectivity index (χ4n) is 2.45. The van der Waals surface area contributed by atoms with Gasteiger partial charge in [0.15, 0.2) is 0 Å². The molecule has 0 bridgehead atoms. The van der Waals surface area contributed by atoms with Gasteiger partial charge >= 0.3 is 0 Å². The lowest BCUT2D eigenvalue weighted by atomic mass is 10.2. The Morgan fingerprint density at radius 1 is 1.08 bits per heavy atom. The summed E-state index contributed by atoms with van der Waals surface area (Å²) in [4.78, 5) is 11.9. The number of hydrazone groups is 1. The van der Waals surface area contributed by atoms with Crippen molar-refractivity contribution in [3.05, 3.63) is 89.7 Å². The molecular weight excluding hydrogens is 326 g/mol. The lowest BCUT2D eigenvalue weighted by Crippen LogP contribution is -2.20. The second kappa shape index (κ2) is 8.67. The highest BCUT2D eigenvalue weighted by Gasteiger charge is 2.04. The molecule has 0 unspecified atom stereocenters. The third-order valence-corrected chi connectivity index (χ3v) is 3.92. The first-order valence-electron chi connectivity index (χ1n) is 8.39. The van der Waals surface area contributed by atoms with Gasteiger partial charge in [-0.3, -0.25) is 4.79 Å².